The number of nitrogens with two attached hydrogens (primary N) is 1. The van der Waals surface area contributed by atoms with Crippen LogP contribution >= 0.6 is 0 Å². The van der Waals surface area contributed by atoms with Gasteiger partial charge in [0.15, 0.2) is 0 Å². The van der Waals surface area contributed by atoms with Crippen molar-refractivity contribution in [3.05, 3.63) is 42.0 Å². The zero-order valence-electron chi connectivity index (χ0n) is 10.9. The largest absolute Gasteiger partial charge is 0.367 e. The average Bonchev–Trinajstić information content (AvgIpc) is 2.85. The van der Waals surface area contributed by atoms with E-state index >= 15 is 0 Å². The Morgan fingerprint density at radius 2 is 2.11 bits per heavy atom. The van der Waals surface area contributed by atoms with E-state index in [4.69, 9.17) is 5.73 Å². The molecule has 2 aromatic rings. The van der Waals surface area contributed by atoms with Crippen molar-refractivity contribution in [1.29, 1.82) is 0 Å². The molecule has 0 saturated carbocycles. The molecule has 2 rings (SSSR count). The van der Waals surface area contributed by atoms with Crippen molar-refractivity contribution in [2.75, 3.05) is 11.9 Å². The molecular formula is C13H19N5. The summed E-state index contributed by atoms with van der Waals surface area (Å²) in [5.74, 6) is 0.965. The highest BCUT2D eigenvalue weighted by atomic mass is 15.3. The van der Waals surface area contributed by atoms with Crippen LogP contribution in [0, 0.1) is 0 Å². The van der Waals surface area contributed by atoms with Gasteiger partial charge in [-0.2, -0.15) is 5.10 Å². The predicted molar refractivity (Wildman–Crippen MR) is 72.1 cm³/mol. The first kappa shape index (κ1) is 12.6. The number of para-hydroxylation sites is 1. The molecule has 0 unspecified atom stereocenters. The van der Waals surface area contributed by atoms with Gasteiger partial charge in [0.25, 0.3) is 0 Å². The minimum Gasteiger partial charge on any atom is -0.367 e. The maximum atomic E-state index is 5.76. The topological polar surface area (TPSA) is 60.0 Å². The lowest BCUT2D eigenvalue weighted by atomic mass is 10.1. The van der Waals surface area contributed by atoms with Crippen molar-refractivity contribution in [3.8, 4) is 0 Å². The van der Waals surface area contributed by atoms with Crippen molar-refractivity contribution in [3.63, 3.8) is 0 Å². The molecule has 0 saturated heterocycles. The number of nitrogens with zero attached hydrogens (tertiary/aromatic N) is 4. The van der Waals surface area contributed by atoms with Gasteiger partial charge in [0.05, 0.1) is 6.54 Å². The molecule has 5 nitrogen and oxygen atoms in total. The molecule has 0 aliphatic rings. The van der Waals surface area contributed by atoms with Gasteiger partial charge in [-0.15, -0.1) is 0 Å². The summed E-state index contributed by atoms with van der Waals surface area (Å²) in [5, 5.41) is 4.18. The number of aryl methyl sites for hydroxylation is 1. The Morgan fingerprint density at radius 3 is 2.83 bits per heavy atom. The third-order valence-electron chi connectivity index (χ3n) is 3.00. The molecule has 18 heavy (non-hydrogen) atoms. The molecule has 0 aliphatic carbocycles. The van der Waals surface area contributed by atoms with Crippen molar-refractivity contribution in [2.45, 2.75) is 26.6 Å². The van der Waals surface area contributed by atoms with Crippen LogP contribution in [-0.2, 0) is 19.6 Å². The standard InChI is InChI=1S/C13H19N5/c1-3-18-13(15-10-16-18)9-17(2)12-7-5-4-6-11(12)8-14/h4-7,10H,3,8-9,14H2,1-2H3. The first-order valence-corrected chi connectivity index (χ1v) is 6.12. The van der Waals surface area contributed by atoms with E-state index in [9.17, 15) is 0 Å². The SMILES string of the molecule is CCn1ncnc1CN(C)c1ccccc1CN. The molecule has 1 aromatic heterocycles. The van der Waals surface area contributed by atoms with Gasteiger partial charge < -0.3 is 10.6 Å². The Hall–Kier alpha value is -1.88. The smallest absolute Gasteiger partial charge is 0.146 e. The van der Waals surface area contributed by atoms with Crippen LogP contribution < -0.4 is 10.6 Å². The average molecular weight is 245 g/mol. The van der Waals surface area contributed by atoms with Gasteiger partial charge in [0, 0.05) is 25.8 Å². The minimum atomic E-state index is 0.543. The lowest BCUT2D eigenvalue weighted by molar-refractivity contribution is 0.609. The highest BCUT2D eigenvalue weighted by Crippen LogP contribution is 2.19. The quantitative estimate of drug-likeness (QED) is 0.865. The van der Waals surface area contributed by atoms with Crippen molar-refractivity contribution in [1.82, 2.24) is 14.8 Å². The normalized spacial score (nSPS) is 10.6. The van der Waals surface area contributed by atoms with Gasteiger partial charge in [0.1, 0.15) is 12.2 Å². The first-order valence-electron chi connectivity index (χ1n) is 6.12. The lowest BCUT2D eigenvalue weighted by Crippen LogP contribution is -2.21. The van der Waals surface area contributed by atoms with E-state index in [1.165, 1.54) is 0 Å². The van der Waals surface area contributed by atoms with E-state index in [2.05, 4.69) is 34.0 Å². The van der Waals surface area contributed by atoms with Crippen molar-refractivity contribution < 1.29 is 0 Å². The van der Waals surface area contributed by atoms with E-state index in [0.29, 0.717) is 6.54 Å². The van der Waals surface area contributed by atoms with Crippen molar-refractivity contribution >= 4 is 5.69 Å². The molecule has 0 spiro atoms. The highest BCUT2D eigenvalue weighted by molar-refractivity contribution is 5.52. The zero-order valence-corrected chi connectivity index (χ0v) is 10.9. The first-order chi connectivity index (χ1) is 8.76. The second-order valence-electron chi connectivity index (χ2n) is 4.18. The summed E-state index contributed by atoms with van der Waals surface area (Å²) in [6.07, 6.45) is 1.60. The summed E-state index contributed by atoms with van der Waals surface area (Å²) < 4.78 is 1.90. The van der Waals surface area contributed by atoms with Crippen LogP contribution in [0.15, 0.2) is 30.6 Å². The molecule has 5 heteroatoms. The van der Waals surface area contributed by atoms with Gasteiger partial charge in [-0.3, -0.25) is 0 Å². The number of hydrogen-bond acceptors (Lipinski definition) is 4. The van der Waals surface area contributed by atoms with Crippen LogP contribution in [0.1, 0.15) is 18.3 Å². The van der Waals surface area contributed by atoms with Crippen molar-refractivity contribution in [2.24, 2.45) is 5.73 Å². The number of anilines is 1. The summed E-state index contributed by atoms with van der Waals surface area (Å²) in [4.78, 5) is 6.44. The van der Waals surface area contributed by atoms with Crippen LogP contribution in [0.5, 0.6) is 0 Å². The highest BCUT2D eigenvalue weighted by Gasteiger charge is 2.10. The van der Waals surface area contributed by atoms with Gasteiger partial charge in [0.2, 0.25) is 0 Å². The molecule has 1 heterocycles. The maximum absolute atomic E-state index is 5.76. The Morgan fingerprint density at radius 1 is 1.33 bits per heavy atom. The van der Waals surface area contributed by atoms with E-state index in [-0.39, 0.29) is 0 Å². The fraction of sp³-hybridized carbons (Fsp3) is 0.385. The van der Waals surface area contributed by atoms with Crippen LogP contribution in [0.25, 0.3) is 0 Å². The Bertz CT molecular complexity index is 506. The molecule has 1 aromatic carbocycles. The summed E-state index contributed by atoms with van der Waals surface area (Å²) >= 11 is 0. The number of hydrogen-bond donors (Lipinski definition) is 1. The number of benzene rings is 1. The Kier molecular flexibility index (Phi) is 3.94. The van der Waals surface area contributed by atoms with Gasteiger partial charge >= 0.3 is 0 Å². The van der Waals surface area contributed by atoms with Gasteiger partial charge in [-0.25, -0.2) is 9.67 Å². The van der Waals surface area contributed by atoms with Gasteiger partial charge in [-0.1, -0.05) is 18.2 Å². The molecule has 2 N–H and O–H groups in total. The summed E-state index contributed by atoms with van der Waals surface area (Å²) in [5.41, 5.74) is 8.04. The molecule has 0 fully saturated rings. The molecule has 96 valence electrons. The third-order valence-corrected chi connectivity index (χ3v) is 3.00. The maximum Gasteiger partial charge on any atom is 0.146 e. The Balaban J connectivity index is 2.19. The van der Waals surface area contributed by atoms with E-state index in [1.807, 2.05) is 23.9 Å². The second-order valence-corrected chi connectivity index (χ2v) is 4.18. The minimum absolute atomic E-state index is 0.543. The fourth-order valence-electron chi connectivity index (χ4n) is 2.03. The number of aromatic nitrogens is 3. The van der Waals surface area contributed by atoms with Gasteiger partial charge in [-0.05, 0) is 18.6 Å². The summed E-state index contributed by atoms with van der Waals surface area (Å²) in [7, 11) is 2.04. The van der Waals surface area contributed by atoms with E-state index in [0.717, 1.165) is 30.2 Å². The second kappa shape index (κ2) is 5.64. The molecule has 0 aliphatic heterocycles. The zero-order chi connectivity index (χ0) is 13.0. The van der Waals surface area contributed by atoms with Crippen LogP contribution in [0.2, 0.25) is 0 Å². The lowest BCUT2D eigenvalue weighted by Gasteiger charge is -2.21. The van der Waals surface area contributed by atoms with Crippen LogP contribution in [0.4, 0.5) is 5.69 Å². The molecule has 0 atom stereocenters. The Labute approximate surface area is 107 Å². The van der Waals surface area contributed by atoms with Crippen LogP contribution in [0.3, 0.4) is 0 Å². The van der Waals surface area contributed by atoms with E-state index < -0.39 is 0 Å². The molecule has 0 radical (unpaired) electrons. The fourth-order valence-corrected chi connectivity index (χ4v) is 2.03. The summed E-state index contributed by atoms with van der Waals surface area (Å²) in [6.45, 7) is 4.17. The monoisotopic (exact) mass is 245 g/mol. The summed E-state index contributed by atoms with van der Waals surface area (Å²) in [6, 6.07) is 8.16. The molecule has 0 amide bonds. The third kappa shape index (κ3) is 2.51. The predicted octanol–water partition coefficient (Wildman–Crippen LogP) is 1.39. The van der Waals surface area contributed by atoms with Crippen LogP contribution in [-0.4, -0.2) is 21.8 Å². The number of rotatable bonds is 5. The molecule has 0 bridgehead atoms. The van der Waals surface area contributed by atoms with E-state index in [1.54, 1.807) is 6.33 Å². The molecular weight excluding hydrogens is 226 g/mol.